The van der Waals surface area contributed by atoms with Crippen LogP contribution in [0.25, 0.3) is 0 Å². The van der Waals surface area contributed by atoms with Crippen LogP contribution in [0.3, 0.4) is 0 Å². The van der Waals surface area contributed by atoms with Gasteiger partial charge in [-0.1, -0.05) is 264 Å². The van der Waals surface area contributed by atoms with Gasteiger partial charge in [0.1, 0.15) is 19.3 Å². The zero-order valence-electron chi connectivity index (χ0n) is 59.5. The molecule has 0 spiro atoms. The first-order chi connectivity index (χ1) is 46.7. The predicted octanol–water partition coefficient (Wildman–Crippen LogP) is 20.5. The zero-order valence-corrected chi connectivity index (χ0v) is 61.3. The number of carbonyl (C=O) groups is 4. The van der Waals surface area contributed by atoms with Crippen molar-refractivity contribution in [3.05, 3.63) is 134 Å². The monoisotopic (exact) mass is 1390 g/mol. The number of phosphoric acid groups is 2. The standard InChI is InChI=1S/C77H128O17P2/c1-5-9-13-17-21-25-29-32-34-35-37-40-43-46-50-54-58-62-75(80)88-68-73(94-77(82)64-60-56-52-48-44-38-31-27-23-19-15-11-7-3)70-92-96(85,86)90-66-71(78)65-89-95(83,84)91-69-72(93-76(81)63-59-55-51-47-41-28-24-20-16-12-8-4)67-87-74(79)61-57-53-49-45-42-39-36-33-30-26-22-18-14-10-6-2/h9-10,13-14,21-22,25-27,31-34,36-37,40,42,45-46,50,53,57,71-73,78H,5-8,11-12,15-20,23-24,28-30,35,38-39,41,43-44,47-49,51-52,54-56,58-70H2,1-4H3,(H,83,84)(H,85,86)/b13-9-,14-10-,25-21-,26-22-,31-27-,34-32-,36-33-,40-37-,45-42-,50-46-,57-53-. The fourth-order valence-corrected chi connectivity index (χ4v) is 10.7. The van der Waals surface area contributed by atoms with Gasteiger partial charge in [-0.15, -0.1) is 0 Å². The second-order valence-corrected chi connectivity index (χ2v) is 26.7. The van der Waals surface area contributed by atoms with Crippen LogP contribution in [-0.4, -0.2) is 96.7 Å². The molecule has 0 aromatic heterocycles. The summed E-state index contributed by atoms with van der Waals surface area (Å²) in [5, 5.41) is 10.6. The minimum Gasteiger partial charge on any atom is -0.462 e. The first-order valence-corrected chi connectivity index (χ1v) is 39.4. The fourth-order valence-electron chi connectivity index (χ4n) is 9.15. The second-order valence-electron chi connectivity index (χ2n) is 23.8. The molecule has 96 heavy (non-hydrogen) atoms. The Morgan fingerprint density at radius 1 is 0.312 bits per heavy atom. The highest BCUT2D eigenvalue weighted by Crippen LogP contribution is 2.45. The van der Waals surface area contributed by atoms with Crippen molar-refractivity contribution in [2.75, 3.05) is 39.6 Å². The zero-order chi connectivity index (χ0) is 70.4. The molecule has 548 valence electrons. The number of allylic oxidation sites excluding steroid dienone is 21. The van der Waals surface area contributed by atoms with E-state index in [1.807, 2.05) is 30.4 Å². The SMILES string of the molecule is CC/C=C\C/C=C\C/C=C\C/C=C\C/C=C\CCCC(=O)OCC(COP(=O)(O)OCC(O)COP(=O)(O)OCC(COC(=O)C/C=C\C/C=C\C/C=C\C/C=C\C/C=C\CC)OC(=O)CCCCCCCCCCCCC)OC(=O)CCCCCCC/C=C\CCCCCC. The third kappa shape index (κ3) is 67.8. The Balaban J connectivity index is 5.44. The average Bonchev–Trinajstić information content (AvgIpc) is 1.17. The molecule has 0 amide bonds. The number of esters is 4. The number of aliphatic hydroxyl groups excluding tert-OH is 1. The van der Waals surface area contributed by atoms with E-state index in [2.05, 4.69) is 125 Å². The van der Waals surface area contributed by atoms with Gasteiger partial charge >= 0.3 is 39.5 Å². The van der Waals surface area contributed by atoms with Crippen molar-refractivity contribution >= 4 is 39.5 Å². The summed E-state index contributed by atoms with van der Waals surface area (Å²) in [4.78, 5) is 72.6. The fraction of sp³-hybridized carbons (Fsp3) is 0.662. The van der Waals surface area contributed by atoms with Crippen molar-refractivity contribution in [1.82, 2.24) is 0 Å². The smallest absolute Gasteiger partial charge is 0.462 e. The first-order valence-electron chi connectivity index (χ1n) is 36.4. The third-order valence-electron chi connectivity index (χ3n) is 14.6. The van der Waals surface area contributed by atoms with E-state index >= 15 is 0 Å². The van der Waals surface area contributed by atoms with E-state index in [1.165, 1.54) is 64.2 Å². The third-order valence-corrected chi connectivity index (χ3v) is 16.5. The number of phosphoric ester groups is 2. The lowest BCUT2D eigenvalue weighted by atomic mass is 10.1. The quantitative estimate of drug-likeness (QED) is 0.0169. The summed E-state index contributed by atoms with van der Waals surface area (Å²) in [6.07, 6.45) is 75.0. The molecule has 0 heterocycles. The number of rotatable bonds is 67. The number of hydrogen-bond donors (Lipinski definition) is 3. The number of unbranched alkanes of at least 4 members (excludes halogenated alkanes) is 20. The molecule has 0 aromatic carbocycles. The van der Waals surface area contributed by atoms with Gasteiger partial charge < -0.3 is 33.8 Å². The highest BCUT2D eigenvalue weighted by molar-refractivity contribution is 7.47. The average molecular weight is 1390 g/mol. The van der Waals surface area contributed by atoms with E-state index in [9.17, 15) is 43.2 Å². The van der Waals surface area contributed by atoms with E-state index in [0.29, 0.717) is 32.1 Å². The Hall–Kier alpha value is -4.80. The van der Waals surface area contributed by atoms with E-state index < -0.39 is 97.5 Å². The molecule has 3 N–H and O–H groups in total. The van der Waals surface area contributed by atoms with Gasteiger partial charge in [-0.25, -0.2) is 9.13 Å². The van der Waals surface area contributed by atoms with Crippen LogP contribution >= 0.6 is 15.6 Å². The van der Waals surface area contributed by atoms with Gasteiger partial charge in [-0.05, 0) is 116 Å². The molecule has 17 nitrogen and oxygen atoms in total. The maximum Gasteiger partial charge on any atom is 0.472 e. The van der Waals surface area contributed by atoms with Crippen LogP contribution in [0.4, 0.5) is 0 Å². The summed E-state index contributed by atoms with van der Waals surface area (Å²) in [5.41, 5.74) is 0. The summed E-state index contributed by atoms with van der Waals surface area (Å²) in [5.74, 6) is -2.40. The molecule has 0 rings (SSSR count). The molecule has 0 saturated carbocycles. The van der Waals surface area contributed by atoms with Crippen molar-refractivity contribution in [2.45, 2.75) is 290 Å². The summed E-state index contributed by atoms with van der Waals surface area (Å²) in [6.45, 7) is 4.41. The van der Waals surface area contributed by atoms with Crippen molar-refractivity contribution < 1.29 is 80.2 Å². The summed E-state index contributed by atoms with van der Waals surface area (Å²) in [7, 11) is -9.99. The molecule has 0 fully saturated rings. The number of aliphatic hydroxyl groups is 1. The highest BCUT2D eigenvalue weighted by atomic mass is 31.2. The van der Waals surface area contributed by atoms with Crippen LogP contribution in [0.15, 0.2) is 134 Å². The molecule has 0 saturated heterocycles. The Morgan fingerprint density at radius 3 is 0.979 bits per heavy atom. The van der Waals surface area contributed by atoms with Crippen LogP contribution < -0.4 is 0 Å². The molecule has 0 aromatic rings. The van der Waals surface area contributed by atoms with Gasteiger partial charge in [0, 0.05) is 19.3 Å². The maximum absolute atomic E-state index is 13.0. The molecule has 0 aliphatic carbocycles. The molecule has 0 bridgehead atoms. The Labute approximate surface area is 580 Å². The molecule has 5 unspecified atom stereocenters. The van der Waals surface area contributed by atoms with Gasteiger partial charge in [0.05, 0.1) is 32.8 Å². The lowest BCUT2D eigenvalue weighted by Crippen LogP contribution is -2.30. The molecular formula is C77H128O17P2. The van der Waals surface area contributed by atoms with Crippen molar-refractivity contribution in [3.8, 4) is 0 Å². The first kappa shape index (κ1) is 91.2. The molecule has 5 atom stereocenters. The lowest BCUT2D eigenvalue weighted by molar-refractivity contribution is -0.161. The van der Waals surface area contributed by atoms with Gasteiger partial charge in [-0.3, -0.25) is 37.3 Å². The van der Waals surface area contributed by atoms with Crippen LogP contribution in [0.1, 0.15) is 272 Å². The minimum atomic E-state index is -4.99. The van der Waals surface area contributed by atoms with E-state index in [0.717, 1.165) is 122 Å². The molecule has 0 aliphatic rings. The topological polar surface area (TPSA) is 237 Å². The van der Waals surface area contributed by atoms with Crippen molar-refractivity contribution in [3.63, 3.8) is 0 Å². The number of carbonyl (C=O) groups excluding carboxylic acids is 4. The largest absolute Gasteiger partial charge is 0.472 e. The van der Waals surface area contributed by atoms with Gasteiger partial charge in [0.25, 0.3) is 0 Å². The molecule has 0 radical (unpaired) electrons. The minimum absolute atomic E-state index is 0.0679. The Bertz CT molecular complexity index is 2350. The normalized spacial score (nSPS) is 14.8. The van der Waals surface area contributed by atoms with E-state index in [1.54, 1.807) is 6.08 Å². The van der Waals surface area contributed by atoms with Crippen molar-refractivity contribution in [1.29, 1.82) is 0 Å². The Morgan fingerprint density at radius 2 is 0.594 bits per heavy atom. The van der Waals surface area contributed by atoms with Crippen molar-refractivity contribution in [2.24, 2.45) is 0 Å². The summed E-state index contributed by atoms with van der Waals surface area (Å²) >= 11 is 0. The van der Waals surface area contributed by atoms with Crippen LogP contribution in [0.5, 0.6) is 0 Å². The van der Waals surface area contributed by atoms with E-state index in [-0.39, 0.29) is 25.7 Å². The van der Waals surface area contributed by atoms with Gasteiger partial charge in [0.2, 0.25) is 0 Å². The van der Waals surface area contributed by atoms with E-state index in [4.69, 9.17) is 37.0 Å². The maximum atomic E-state index is 13.0. The predicted molar refractivity (Wildman–Crippen MR) is 390 cm³/mol. The molecular weight excluding hydrogens is 1260 g/mol. The van der Waals surface area contributed by atoms with Crippen LogP contribution in [0.2, 0.25) is 0 Å². The number of ether oxygens (including phenoxy) is 4. The van der Waals surface area contributed by atoms with Gasteiger partial charge in [0.15, 0.2) is 12.2 Å². The summed E-state index contributed by atoms with van der Waals surface area (Å²) < 4.78 is 68.1. The van der Waals surface area contributed by atoms with Gasteiger partial charge in [-0.2, -0.15) is 0 Å². The van der Waals surface area contributed by atoms with Crippen LogP contribution in [0, 0.1) is 0 Å². The Kier molecular flexibility index (Phi) is 65.3. The lowest BCUT2D eigenvalue weighted by Gasteiger charge is -2.21. The van der Waals surface area contributed by atoms with Crippen LogP contribution in [-0.2, 0) is 65.4 Å². The molecule has 19 heteroatoms. The second kappa shape index (κ2) is 68.7. The molecule has 0 aliphatic heterocycles. The summed E-state index contributed by atoms with van der Waals surface area (Å²) in [6, 6.07) is 0. The number of hydrogen-bond acceptors (Lipinski definition) is 15. The highest BCUT2D eigenvalue weighted by Gasteiger charge is 2.30.